The molecule has 0 saturated heterocycles. The smallest absolute Gasteiger partial charge is 0.166 e. The van der Waals surface area contributed by atoms with Gasteiger partial charge in [0.2, 0.25) is 0 Å². The number of thiocarbonyl (C=S) groups is 1. The van der Waals surface area contributed by atoms with Gasteiger partial charge in [0.1, 0.15) is 0 Å². The molecule has 2 N–H and O–H groups in total. The Morgan fingerprint density at radius 1 is 1.36 bits per heavy atom. The molecule has 0 heterocycles. The van der Waals surface area contributed by atoms with Gasteiger partial charge in [-0.25, -0.2) is 0 Å². The molecule has 0 bridgehead atoms. The maximum atomic E-state index is 5.21. The molecule has 2 nitrogen and oxygen atoms in total. The molecule has 0 aliphatic heterocycles. The third-order valence-electron chi connectivity index (χ3n) is 2.00. The minimum absolute atomic E-state index is 0.107. The lowest BCUT2D eigenvalue weighted by Crippen LogP contribution is -2.48. The van der Waals surface area contributed by atoms with E-state index in [4.69, 9.17) is 12.2 Å². The van der Waals surface area contributed by atoms with E-state index in [1.807, 2.05) is 0 Å². The van der Waals surface area contributed by atoms with Crippen molar-refractivity contribution < 1.29 is 0 Å². The van der Waals surface area contributed by atoms with Crippen LogP contribution in [0.4, 0.5) is 0 Å². The Morgan fingerprint density at radius 3 is 2.36 bits per heavy atom. The van der Waals surface area contributed by atoms with Gasteiger partial charge in [0.15, 0.2) is 5.11 Å². The third kappa shape index (κ3) is 7.13. The summed E-state index contributed by atoms with van der Waals surface area (Å²) >= 11 is 5.21. The van der Waals surface area contributed by atoms with Gasteiger partial charge in [-0.05, 0) is 38.4 Å². The molecule has 0 aliphatic rings. The van der Waals surface area contributed by atoms with Crippen LogP contribution >= 0.6 is 12.2 Å². The summed E-state index contributed by atoms with van der Waals surface area (Å²) in [6, 6.07) is 0. The molecular weight excluding hydrogens is 192 g/mol. The molecule has 0 aliphatic carbocycles. The normalized spacial score (nSPS) is 11.6. The van der Waals surface area contributed by atoms with Crippen LogP contribution in [0, 0.1) is 5.92 Å². The first-order chi connectivity index (χ1) is 6.37. The zero-order chi connectivity index (χ0) is 11.2. The van der Waals surface area contributed by atoms with E-state index in [1.165, 1.54) is 6.42 Å². The topological polar surface area (TPSA) is 24.1 Å². The lowest BCUT2D eigenvalue weighted by Gasteiger charge is -2.27. The predicted molar refractivity (Wildman–Crippen MR) is 67.6 cm³/mol. The fourth-order valence-corrected chi connectivity index (χ4v) is 1.70. The second-order valence-electron chi connectivity index (χ2n) is 4.86. The van der Waals surface area contributed by atoms with Crippen LogP contribution < -0.4 is 10.6 Å². The maximum Gasteiger partial charge on any atom is 0.166 e. The van der Waals surface area contributed by atoms with Gasteiger partial charge in [-0.2, -0.15) is 0 Å². The highest BCUT2D eigenvalue weighted by Gasteiger charge is 2.16. The van der Waals surface area contributed by atoms with Gasteiger partial charge < -0.3 is 10.6 Å². The summed E-state index contributed by atoms with van der Waals surface area (Å²) in [4.78, 5) is 0. The Hall–Kier alpha value is -0.310. The van der Waals surface area contributed by atoms with Gasteiger partial charge in [-0.1, -0.05) is 27.2 Å². The van der Waals surface area contributed by atoms with Crippen molar-refractivity contribution in [2.75, 3.05) is 6.54 Å². The van der Waals surface area contributed by atoms with E-state index in [9.17, 15) is 0 Å². The molecule has 0 amide bonds. The fraction of sp³-hybridized carbons (Fsp3) is 0.909. The highest BCUT2D eigenvalue weighted by molar-refractivity contribution is 7.80. The van der Waals surface area contributed by atoms with Gasteiger partial charge in [0, 0.05) is 12.1 Å². The standard InChI is InChI=1S/C11H24N2S/c1-6-7-11(4,5)13-10(14)12-8-9(2)3/h9H,6-8H2,1-5H3,(H2,12,13,14). The SMILES string of the molecule is CCCC(C)(C)NC(=S)NCC(C)C. The van der Waals surface area contributed by atoms with E-state index < -0.39 is 0 Å². The van der Waals surface area contributed by atoms with E-state index in [1.54, 1.807) is 0 Å². The van der Waals surface area contributed by atoms with Crippen LogP contribution in [0.15, 0.2) is 0 Å². The zero-order valence-corrected chi connectivity index (χ0v) is 10.9. The first-order valence-electron chi connectivity index (χ1n) is 5.43. The van der Waals surface area contributed by atoms with Gasteiger partial charge in [0.05, 0.1) is 0 Å². The zero-order valence-electron chi connectivity index (χ0n) is 10.1. The van der Waals surface area contributed by atoms with Crippen molar-refractivity contribution in [1.29, 1.82) is 0 Å². The minimum atomic E-state index is 0.107. The van der Waals surface area contributed by atoms with E-state index >= 15 is 0 Å². The Bertz CT molecular complexity index is 176. The maximum absolute atomic E-state index is 5.21. The first-order valence-corrected chi connectivity index (χ1v) is 5.84. The highest BCUT2D eigenvalue weighted by atomic mass is 32.1. The lowest BCUT2D eigenvalue weighted by atomic mass is 9.99. The quantitative estimate of drug-likeness (QED) is 0.691. The second kappa shape index (κ2) is 6.23. The van der Waals surface area contributed by atoms with Crippen molar-refractivity contribution >= 4 is 17.3 Å². The lowest BCUT2D eigenvalue weighted by molar-refractivity contribution is 0.416. The molecule has 0 unspecified atom stereocenters. The van der Waals surface area contributed by atoms with Crippen molar-refractivity contribution in [3.8, 4) is 0 Å². The molecule has 0 atom stereocenters. The fourth-order valence-electron chi connectivity index (χ4n) is 1.34. The van der Waals surface area contributed by atoms with E-state index in [0.29, 0.717) is 5.92 Å². The summed E-state index contributed by atoms with van der Waals surface area (Å²) in [7, 11) is 0. The van der Waals surface area contributed by atoms with Crippen LogP contribution in [-0.2, 0) is 0 Å². The number of hydrogen-bond acceptors (Lipinski definition) is 1. The molecule has 0 rings (SSSR count). The highest BCUT2D eigenvalue weighted by Crippen LogP contribution is 2.10. The van der Waals surface area contributed by atoms with Crippen LogP contribution in [-0.4, -0.2) is 17.2 Å². The Kier molecular flexibility index (Phi) is 6.09. The summed E-state index contributed by atoms with van der Waals surface area (Å²) in [6.45, 7) is 11.8. The van der Waals surface area contributed by atoms with Crippen molar-refractivity contribution in [1.82, 2.24) is 10.6 Å². The largest absolute Gasteiger partial charge is 0.362 e. The average molecular weight is 216 g/mol. The summed E-state index contributed by atoms with van der Waals surface area (Å²) in [5.41, 5.74) is 0.107. The molecule has 84 valence electrons. The summed E-state index contributed by atoms with van der Waals surface area (Å²) in [6.07, 6.45) is 2.31. The van der Waals surface area contributed by atoms with Crippen molar-refractivity contribution in [3.05, 3.63) is 0 Å². The van der Waals surface area contributed by atoms with Gasteiger partial charge in [-0.3, -0.25) is 0 Å². The van der Waals surface area contributed by atoms with Crippen LogP contribution in [0.5, 0.6) is 0 Å². The molecule has 0 aromatic heterocycles. The summed E-state index contributed by atoms with van der Waals surface area (Å²) in [5, 5.41) is 7.32. The number of hydrogen-bond donors (Lipinski definition) is 2. The molecule has 0 aromatic rings. The van der Waals surface area contributed by atoms with Crippen LogP contribution in [0.2, 0.25) is 0 Å². The number of rotatable bonds is 5. The molecule has 0 aromatic carbocycles. The third-order valence-corrected chi connectivity index (χ3v) is 2.24. The Balaban J connectivity index is 3.81. The van der Waals surface area contributed by atoms with Crippen LogP contribution in [0.1, 0.15) is 47.5 Å². The van der Waals surface area contributed by atoms with Crippen molar-refractivity contribution in [2.24, 2.45) is 5.92 Å². The van der Waals surface area contributed by atoms with Crippen LogP contribution in [0.3, 0.4) is 0 Å². The van der Waals surface area contributed by atoms with Crippen molar-refractivity contribution in [2.45, 2.75) is 53.0 Å². The van der Waals surface area contributed by atoms with E-state index in [2.05, 4.69) is 45.3 Å². The summed E-state index contributed by atoms with van der Waals surface area (Å²) < 4.78 is 0. The number of nitrogens with one attached hydrogen (secondary N) is 2. The second-order valence-corrected chi connectivity index (χ2v) is 5.27. The molecule has 3 heteroatoms. The predicted octanol–water partition coefficient (Wildman–Crippen LogP) is 2.69. The summed E-state index contributed by atoms with van der Waals surface area (Å²) in [5.74, 6) is 0.629. The molecule has 0 spiro atoms. The molecular formula is C11H24N2S. The average Bonchev–Trinajstić information content (AvgIpc) is 1.99. The van der Waals surface area contributed by atoms with Gasteiger partial charge in [-0.15, -0.1) is 0 Å². The van der Waals surface area contributed by atoms with Gasteiger partial charge in [0.25, 0.3) is 0 Å². The molecule has 0 saturated carbocycles. The molecule has 0 radical (unpaired) electrons. The Labute approximate surface area is 93.8 Å². The van der Waals surface area contributed by atoms with E-state index in [-0.39, 0.29) is 5.54 Å². The van der Waals surface area contributed by atoms with E-state index in [0.717, 1.165) is 18.1 Å². The first kappa shape index (κ1) is 13.7. The minimum Gasteiger partial charge on any atom is -0.362 e. The van der Waals surface area contributed by atoms with Gasteiger partial charge >= 0.3 is 0 Å². The Morgan fingerprint density at radius 2 is 1.93 bits per heavy atom. The monoisotopic (exact) mass is 216 g/mol. The van der Waals surface area contributed by atoms with Crippen LogP contribution in [0.25, 0.3) is 0 Å². The molecule has 0 fully saturated rings. The van der Waals surface area contributed by atoms with Crippen molar-refractivity contribution in [3.63, 3.8) is 0 Å². The molecule has 14 heavy (non-hydrogen) atoms.